The normalized spacial score (nSPS) is 12.4. The second-order valence-electron chi connectivity index (χ2n) is 4.24. The van der Waals surface area contributed by atoms with Gasteiger partial charge in [-0.3, -0.25) is 4.21 Å². The maximum absolute atomic E-state index is 13.5. The molecular weight excluding hydrogens is 287 g/mol. The summed E-state index contributed by atoms with van der Waals surface area (Å²) in [6.45, 7) is 0.145. The highest BCUT2D eigenvalue weighted by Crippen LogP contribution is 2.19. The van der Waals surface area contributed by atoms with Crippen molar-refractivity contribution in [3.8, 4) is 0 Å². The summed E-state index contributed by atoms with van der Waals surface area (Å²) >= 11 is 0. The molecule has 0 aliphatic carbocycles. The minimum Gasteiger partial charge on any atom is -0.326 e. The Kier molecular flexibility index (Phi) is 4.57. The van der Waals surface area contributed by atoms with Gasteiger partial charge in [-0.05, 0) is 41.5 Å². The van der Waals surface area contributed by atoms with Gasteiger partial charge in [0.25, 0.3) is 0 Å². The lowest BCUT2D eigenvalue weighted by atomic mass is 10.1. The lowest BCUT2D eigenvalue weighted by Gasteiger charge is -2.06. The highest BCUT2D eigenvalue weighted by atomic mass is 32.2. The molecule has 0 fully saturated rings. The Hall–Kier alpha value is -1.66. The van der Waals surface area contributed by atoms with Crippen molar-refractivity contribution in [2.75, 3.05) is 0 Å². The molecule has 0 aromatic heterocycles. The van der Waals surface area contributed by atoms with E-state index in [0.717, 1.165) is 18.2 Å². The minimum atomic E-state index is -1.80. The molecule has 0 bridgehead atoms. The summed E-state index contributed by atoms with van der Waals surface area (Å²) in [4.78, 5) is -0.233. The summed E-state index contributed by atoms with van der Waals surface area (Å²) in [5, 5.41) is 0. The standard InChI is InChI=1S/C14H12F3NOS/c15-11-1-2-13(17)14(6-11)20(19)8-10-3-9(7-18)4-12(16)5-10/h1-6H,7-8,18H2. The van der Waals surface area contributed by atoms with Crippen LogP contribution in [0.1, 0.15) is 11.1 Å². The van der Waals surface area contributed by atoms with Crippen molar-refractivity contribution < 1.29 is 17.4 Å². The van der Waals surface area contributed by atoms with Crippen LogP contribution >= 0.6 is 0 Å². The average molecular weight is 299 g/mol. The van der Waals surface area contributed by atoms with Crippen LogP contribution in [-0.2, 0) is 23.1 Å². The first kappa shape index (κ1) is 14.7. The van der Waals surface area contributed by atoms with Crippen LogP contribution in [0.3, 0.4) is 0 Å². The van der Waals surface area contributed by atoms with E-state index in [1.54, 1.807) is 6.07 Å². The first-order valence-electron chi connectivity index (χ1n) is 5.81. The van der Waals surface area contributed by atoms with Crippen molar-refractivity contribution in [2.24, 2.45) is 5.73 Å². The summed E-state index contributed by atoms with van der Waals surface area (Å²) in [7, 11) is -1.80. The fraction of sp³-hybridized carbons (Fsp3) is 0.143. The zero-order valence-electron chi connectivity index (χ0n) is 10.4. The van der Waals surface area contributed by atoms with E-state index in [1.807, 2.05) is 0 Å². The van der Waals surface area contributed by atoms with Crippen molar-refractivity contribution in [1.82, 2.24) is 0 Å². The van der Waals surface area contributed by atoms with E-state index in [-0.39, 0.29) is 17.2 Å². The van der Waals surface area contributed by atoms with Crippen LogP contribution in [0.4, 0.5) is 13.2 Å². The Labute approximate surface area is 116 Å². The van der Waals surface area contributed by atoms with E-state index < -0.39 is 28.3 Å². The van der Waals surface area contributed by atoms with Gasteiger partial charge in [-0.15, -0.1) is 0 Å². The Morgan fingerprint density at radius 2 is 1.65 bits per heavy atom. The van der Waals surface area contributed by atoms with Crippen LogP contribution in [-0.4, -0.2) is 4.21 Å². The van der Waals surface area contributed by atoms with Gasteiger partial charge in [0.05, 0.1) is 21.4 Å². The molecule has 0 saturated carbocycles. The molecule has 0 radical (unpaired) electrons. The van der Waals surface area contributed by atoms with E-state index in [2.05, 4.69) is 0 Å². The number of hydrogen-bond donors (Lipinski definition) is 1. The predicted molar refractivity (Wildman–Crippen MR) is 70.8 cm³/mol. The van der Waals surface area contributed by atoms with Gasteiger partial charge in [-0.2, -0.15) is 0 Å². The van der Waals surface area contributed by atoms with E-state index in [1.165, 1.54) is 12.1 Å². The second kappa shape index (κ2) is 6.19. The average Bonchev–Trinajstić information content (AvgIpc) is 2.40. The van der Waals surface area contributed by atoms with Crippen molar-refractivity contribution >= 4 is 10.8 Å². The molecule has 2 nitrogen and oxygen atoms in total. The predicted octanol–water partition coefficient (Wildman–Crippen LogP) is 2.87. The molecule has 0 spiro atoms. The molecule has 2 N–H and O–H groups in total. The quantitative estimate of drug-likeness (QED) is 0.943. The molecule has 1 unspecified atom stereocenters. The van der Waals surface area contributed by atoms with Gasteiger partial charge >= 0.3 is 0 Å². The summed E-state index contributed by atoms with van der Waals surface area (Å²) in [5.74, 6) is -2.03. The van der Waals surface area contributed by atoms with Crippen LogP contribution in [0.15, 0.2) is 41.3 Å². The fourth-order valence-corrected chi connectivity index (χ4v) is 2.95. The molecule has 0 amide bonds. The van der Waals surface area contributed by atoms with E-state index >= 15 is 0 Å². The molecule has 0 heterocycles. The van der Waals surface area contributed by atoms with Gasteiger partial charge in [0, 0.05) is 6.54 Å². The third-order valence-corrected chi connectivity index (χ3v) is 4.09. The molecule has 2 rings (SSSR count). The molecule has 6 heteroatoms. The van der Waals surface area contributed by atoms with Crippen molar-refractivity contribution in [1.29, 1.82) is 0 Å². The third kappa shape index (κ3) is 3.46. The topological polar surface area (TPSA) is 43.1 Å². The van der Waals surface area contributed by atoms with Gasteiger partial charge in [0.1, 0.15) is 17.5 Å². The lowest BCUT2D eigenvalue weighted by Crippen LogP contribution is -2.03. The van der Waals surface area contributed by atoms with Crippen molar-refractivity contribution in [2.45, 2.75) is 17.2 Å². The number of hydrogen-bond acceptors (Lipinski definition) is 2. The second-order valence-corrected chi connectivity index (χ2v) is 5.66. The minimum absolute atomic E-state index is 0.106. The summed E-state index contributed by atoms with van der Waals surface area (Å²) < 4.78 is 51.9. The zero-order valence-corrected chi connectivity index (χ0v) is 11.2. The van der Waals surface area contributed by atoms with Crippen molar-refractivity contribution in [3.63, 3.8) is 0 Å². The highest BCUT2D eigenvalue weighted by molar-refractivity contribution is 7.84. The highest BCUT2D eigenvalue weighted by Gasteiger charge is 2.13. The summed E-state index contributed by atoms with van der Waals surface area (Å²) in [5.41, 5.74) is 6.40. The molecule has 0 saturated heterocycles. The Morgan fingerprint density at radius 1 is 0.950 bits per heavy atom. The molecule has 2 aromatic rings. The first-order valence-corrected chi connectivity index (χ1v) is 7.13. The number of rotatable bonds is 4. The van der Waals surface area contributed by atoms with Crippen LogP contribution in [0.2, 0.25) is 0 Å². The molecule has 0 aliphatic heterocycles. The van der Waals surface area contributed by atoms with Crippen molar-refractivity contribution in [3.05, 3.63) is 65.0 Å². The fourth-order valence-electron chi connectivity index (χ4n) is 1.80. The van der Waals surface area contributed by atoms with E-state index in [9.17, 15) is 17.4 Å². The third-order valence-electron chi connectivity index (χ3n) is 2.69. The maximum Gasteiger partial charge on any atom is 0.139 e. The molecule has 20 heavy (non-hydrogen) atoms. The van der Waals surface area contributed by atoms with Crippen LogP contribution in [0.25, 0.3) is 0 Å². The summed E-state index contributed by atoms with van der Waals surface area (Å²) in [6, 6.07) is 6.82. The monoisotopic (exact) mass is 299 g/mol. The van der Waals surface area contributed by atoms with Gasteiger partial charge in [0.15, 0.2) is 0 Å². The number of nitrogens with two attached hydrogens (primary N) is 1. The summed E-state index contributed by atoms with van der Waals surface area (Å²) in [6.07, 6.45) is 0. The first-order chi connectivity index (χ1) is 9.49. The van der Waals surface area contributed by atoms with Crippen LogP contribution in [0, 0.1) is 17.5 Å². The number of benzene rings is 2. The van der Waals surface area contributed by atoms with E-state index in [4.69, 9.17) is 5.73 Å². The molecular formula is C14H12F3NOS. The lowest BCUT2D eigenvalue weighted by molar-refractivity contribution is 0.572. The van der Waals surface area contributed by atoms with Gasteiger partial charge in [-0.1, -0.05) is 6.07 Å². The Morgan fingerprint density at radius 3 is 2.35 bits per heavy atom. The smallest absolute Gasteiger partial charge is 0.139 e. The molecule has 2 aromatic carbocycles. The van der Waals surface area contributed by atoms with Gasteiger partial charge in [0.2, 0.25) is 0 Å². The molecule has 0 aliphatic rings. The van der Waals surface area contributed by atoms with Crippen LogP contribution in [0.5, 0.6) is 0 Å². The van der Waals surface area contributed by atoms with Crippen LogP contribution < -0.4 is 5.73 Å². The molecule has 1 atom stereocenters. The SMILES string of the molecule is NCc1cc(F)cc(CS(=O)c2cc(F)ccc2F)c1. The van der Waals surface area contributed by atoms with Gasteiger partial charge < -0.3 is 5.73 Å². The number of halogens is 3. The Balaban J connectivity index is 2.27. The Bertz CT molecular complexity index is 661. The van der Waals surface area contributed by atoms with Gasteiger partial charge in [-0.25, -0.2) is 13.2 Å². The largest absolute Gasteiger partial charge is 0.326 e. The maximum atomic E-state index is 13.5. The van der Waals surface area contributed by atoms with E-state index in [0.29, 0.717) is 11.1 Å². The molecule has 106 valence electrons. The zero-order chi connectivity index (χ0) is 14.7.